The normalized spacial score (nSPS) is 17.2. The third kappa shape index (κ3) is 3.68. The van der Waals surface area contributed by atoms with E-state index in [0.29, 0.717) is 16.0 Å². The van der Waals surface area contributed by atoms with Crippen molar-refractivity contribution in [2.24, 2.45) is 7.05 Å². The lowest BCUT2D eigenvalue weighted by Crippen LogP contribution is -2.41. The van der Waals surface area contributed by atoms with Crippen molar-refractivity contribution in [3.8, 4) is 0 Å². The van der Waals surface area contributed by atoms with Gasteiger partial charge >= 0.3 is 11.9 Å². The minimum absolute atomic E-state index is 0.00255. The third-order valence-electron chi connectivity index (χ3n) is 5.37. The Morgan fingerprint density at radius 3 is 2.10 bits per heavy atom. The van der Waals surface area contributed by atoms with Gasteiger partial charge in [0.2, 0.25) is 15.8 Å². The molecule has 1 aliphatic rings. The summed E-state index contributed by atoms with van der Waals surface area (Å²) in [4.78, 5) is 12.4. The van der Waals surface area contributed by atoms with Crippen molar-refractivity contribution in [3.63, 3.8) is 0 Å². The maximum Gasteiger partial charge on any atom is 0.451 e. The van der Waals surface area contributed by atoms with Gasteiger partial charge in [-0.2, -0.15) is 22.6 Å². The molecule has 0 atom stereocenters. The standard InChI is InChI=1S/C17H25F3N6O3S/c1-10(2)25-12(4)14(11(3)21-25)30(28,29)24-8-6-13(7-9-24)26-16(27)23(5)15(22-26)17(18,19)20/h10,13H,6-9H2,1-5H3. The Morgan fingerprint density at radius 2 is 1.67 bits per heavy atom. The zero-order valence-corrected chi connectivity index (χ0v) is 18.2. The molecular formula is C17H25F3N6O3S. The monoisotopic (exact) mass is 450 g/mol. The van der Waals surface area contributed by atoms with Crippen molar-refractivity contribution in [1.29, 1.82) is 0 Å². The molecule has 0 N–H and O–H groups in total. The number of halogens is 3. The van der Waals surface area contributed by atoms with Crippen LogP contribution < -0.4 is 5.69 Å². The average molecular weight is 450 g/mol. The first-order chi connectivity index (χ1) is 13.8. The maximum absolute atomic E-state index is 13.2. The Balaban J connectivity index is 1.84. The predicted octanol–water partition coefficient (Wildman–Crippen LogP) is 2.02. The van der Waals surface area contributed by atoms with E-state index in [1.165, 1.54) is 4.31 Å². The van der Waals surface area contributed by atoms with Crippen LogP contribution >= 0.6 is 0 Å². The van der Waals surface area contributed by atoms with Crippen LogP contribution in [0.3, 0.4) is 0 Å². The molecule has 2 aromatic heterocycles. The zero-order chi connectivity index (χ0) is 22.6. The van der Waals surface area contributed by atoms with Crippen LogP contribution in [0, 0.1) is 13.8 Å². The molecule has 0 bridgehead atoms. The Kier molecular flexibility index (Phi) is 5.65. The number of aromatic nitrogens is 5. The Morgan fingerprint density at radius 1 is 1.10 bits per heavy atom. The Labute approximate surface area is 172 Å². The van der Waals surface area contributed by atoms with Gasteiger partial charge in [0, 0.05) is 26.2 Å². The first-order valence-electron chi connectivity index (χ1n) is 9.55. The highest BCUT2D eigenvalue weighted by molar-refractivity contribution is 7.89. The molecule has 2 aromatic rings. The van der Waals surface area contributed by atoms with Gasteiger partial charge in [-0.25, -0.2) is 17.9 Å². The van der Waals surface area contributed by atoms with Crippen LogP contribution in [0.1, 0.15) is 56.0 Å². The molecule has 1 fully saturated rings. The number of sulfonamides is 1. The minimum Gasteiger partial charge on any atom is -0.274 e. The summed E-state index contributed by atoms with van der Waals surface area (Å²) < 4.78 is 69.7. The molecule has 3 rings (SSSR count). The van der Waals surface area contributed by atoms with Gasteiger partial charge in [-0.15, -0.1) is 5.10 Å². The quantitative estimate of drug-likeness (QED) is 0.710. The molecule has 0 radical (unpaired) electrons. The van der Waals surface area contributed by atoms with E-state index in [1.807, 2.05) is 13.8 Å². The Bertz CT molecular complexity index is 1110. The maximum atomic E-state index is 13.2. The van der Waals surface area contributed by atoms with Gasteiger partial charge in [0.1, 0.15) is 4.90 Å². The van der Waals surface area contributed by atoms with Gasteiger partial charge < -0.3 is 0 Å². The minimum atomic E-state index is -4.74. The molecule has 3 heterocycles. The molecule has 13 heteroatoms. The van der Waals surface area contributed by atoms with Gasteiger partial charge in [-0.3, -0.25) is 9.25 Å². The molecule has 9 nitrogen and oxygen atoms in total. The number of nitrogens with zero attached hydrogens (tertiary/aromatic N) is 6. The number of alkyl halides is 3. The number of aryl methyl sites for hydroxylation is 1. The molecular weight excluding hydrogens is 425 g/mol. The topological polar surface area (TPSA) is 95.0 Å². The summed E-state index contributed by atoms with van der Waals surface area (Å²) in [5.41, 5.74) is 0.0769. The lowest BCUT2D eigenvalue weighted by atomic mass is 10.1. The van der Waals surface area contributed by atoms with Gasteiger partial charge in [-0.1, -0.05) is 0 Å². The fourth-order valence-electron chi connectivity index (χ4n) is 3.92. The number of hydrogen-bond acceptors (Lipinski definition) is 5. The van der Waals surface area contributed by atoms with Gasteiger partial charge in [0.15, 0.2) is 0 Å². The van der Waals surface area contributed by atoms with E-state index in [9.17, 15) is 26.4 Å². The molecule has 0 saturated carbocycles. The molecule has 0 amide bonds. The van der Waals surface area contributed by atoms with E-state index in [4.69, 9.17) is 0 Å². The second-order valence-corrected chi connectivity index (χ2v) is 9.66. The summed E-state index contributed by atoms with van der Waals surface area (Å²) in [5, 5.41) is 7.79. The zero-order valence-electron chi connectivity index (χ0n) is 17.4. The lowest BCUT2D eigenvalue weighted by Gasteiger charge is -2.30. The van der Waals surface area contributed by atoms with Crippen LogP contribution in [0.5, 0.6) is 0 Å². The number of rotatable bonds is 4. The molecule has 168 valence electrons. The van der Waals surface area contributed by atoms with Crippen LogP contribution in [0.4, 0.5) is 13.2 Å². The lowest BCUT2D eigenvalue weighted by molar-refractivity contribution is -0.147. The first kappa shape index (κ1) is 22.5. The highest BCUT2D eigenvalue weighted by Gasteiger charge is 2.40. The summed E-state index contributed by atoms with van der Waals surface area (Å²) in [6.45, 7) is 7.29. The summed E-state index contributed by atoms with van der Waals surface area (Å²) in [5.74, 6) is -1.27. The molecule has 0 aliphatic carbocycles. The van der Waals surface area contributed by atoms with Crippen molar-refractivity contribution < 1.29 is 21.6 Å². The van der Waals surface area contributed by atoms with E-state index in [2.05, 4.69) is 10.2 Å². The van der Waals surface area contributed by atoms with Gasteiger partial charge in [0.25, 0.3) is 0 Å². The molecule has 1 aliphatic heterocycles. The smallest absolute Gasteiger partial charge is 0.274 e. The largest absolute Gasteiger partial charge is 0.451 e. The van der Waals surface area contributed by atoms with Crippen molar-refractivity contribution in [2.45, 2.75) is 63.7 Å². The predicted molar refractivity (Wildman–Crippen MR) is 102 cm³/mol. The van der Waals surface area contributed by atoms with E-state index >= 15 is 0 Å². The number of hydrogen-bond donors (Lipinski definition) is 0. The van der Waals surface area contributed by atoms with E-state index in [0.717, 1.165) is 11.7 Å². The van der Waals surface area contributed by atoms with Gasteiger partial charge in [-0.05, 0) is 40.5 Å². The van der Waals surface area contributed by atoms with E-state index < -0.39 is 33.8 Å². The summed E-state index contributed by atoms with van der Waals surface area (Å²) in [6, 6.07) is -0.607. The highest BCUT2D eigenvalue weighted by atomic mass is 32.2. The SMILES string of the molecule is Cc1nn(C(C)C)c(C)c1S(=O)(=O)N1CCC(n2nc(C(F)(F)F)n(C)c2=O)CC1. The molecule has 0 unspecified atom stereocenters. The van der Waals surface area contributed by atoms with Crippen LogP contribution in [0.25, 0.3) is 0 Å². The highest BCUT2D eigenvalue weighted by Crippen LogP contribution is 2.31. The van der Waals surface area contributed by atoms with Crippen molar-refractivity contribution in [3.05, 3.63) is 27.7 Å². The Hall–Kier alpha value is -2.15. The number of piperidine rings is 1. The summed E-state index contributed by atoms with van der Waals surface area (Å²) in [6.07, 6.45) is -4.37. The van der Waals surface area contributed by atoms with Crippen molar-refractivity contribution >= 4 is 10.0 Å². The van der Waals surface area contributed by atoms with Crippen LogP contribution in [0.2, 0.25) is 0 Å². The fourth-order valence-corrected chi connectivity index (χ4v) is 5.75. The molecule has 0 aromatic carbocycles. The first-order valence-corrected chi connectivity index (χ1v) is 11.0. The second-order valence-electron chi connectivity index (χ2n) is 7.78. The fraction of sp³-hybridized carbons (Fsp3) is 0.706. The van der Waals surface area contributed by atoms with Crippen molar-refractivity contribution in [1.82, 2.24) is 28.4 Å². The third-order valence-corrected chi connectivity index (χ3v) is 7.52. The molecule has 0 spiro atoms. The van der Waals surface area contributed by atoms with E-state index in [1.54, 1.807) is 18.5 Å². The van der Waals surface area contributed by atoms with Gasteiger partial charge in [0.05, 0.1) is 17.4 Å². The second kappa shape index (κ2) is 7.52. The summed E-state index contributed by atoms with van der Waals surface area (Å²) in [7, 11) is -2.80. The van der Waals surface area contributed by atoms with E-state index in [-0.39, 0.29) is 36.9 Å². The average Bonchev–Trinajstić information content (AvgIpc) is 3.11. The van der Waals surface area contributed by atoms with Crippen LogP contribution in [-0.2, 0) is 23.2 Å². The molecule has 1 saturated heterocycles. The molecule has 30 heavy (non-hydrogen) atoms. The van der Waals surface area contributed by atoms with Crippen LogP contribution in [0.15, 0.2) is 9.69 Å². The van der Waals surface area contributed by atoms with Crippen molar-refractivity contribution in [2.75, 3.05) is 13.1 Å². The van der Waals surface area contributed by atoms with Crippen LogP contribution in [-0.4, -0.2) is 49.9 Å². The summed E-state index contributed by atoms with van der Waals surface area (Å²) >= 11 is 0.